The van der Waals surface area contributed by atoms with E-state index in [0.29, 0.717) is 0 Å². The maximum Gasteiger partial charge on any atom is 0.160 e. The summed E-state index contributed by atoms with van der Waals surface area (Å²) in [6, 6.07) is 58.0. The first-order chi connectivity index (χ1) is 25.2. The number of benzene rings is 7. The average Bonchev–Trinajstić information content (AvgIpc) is 3.20. The summed E-state index contributed by atoms with van der Waals surface area (Å²) < 4.78 is 0. The van der Waals surface area contributed by atoms with Gasteiger partial charge in [0.2, 0.25) is 0 Å². The van der Waals surface area contributed by atoms with E-state index in [2.05, 4.69) is 171 Å². The van der Waals surface area contributed by atoms with Gasteiger partial charge < -0.3 is 0 Å². The van der Waals surface area contributed by atoms with Crippen LogP contribution < -0.4 is 0 Å². The second-order valence-electron chi connectivity index (χ2n) is 13.2. The first-order valence-corrected chi connectivity index (χ1v) is 17.6. The van der Waals surface area contributed by atoms with Gasteiger partial charge in [-0.3, -0.25) is 4.98 Å². The highest BCUT2D eigenvalue weighted by Gasteiger charge is 2.17. The van der Waals surface area contributed by atoms with E-state index in [1.54, 1.807) is 0 Å². The van der Waals surface area contributed by atoms with Crippen molar-refractivity contribution in [3.63, 3.8) is 0 Å². The van der Waals surface area contributed by atoms with Crippen LogP contribution in [0.25, 0.3) is 60.4 Å². The van der Waals surface area contributed by atoms with Crippen molar-refractivity contribution in [2.75, 3.05) is 0 Å². The Balaban J connectivity index is 1.18. The van der Waals surface area contributed by atoms with Gasteiger partial charge in [-0.25, -0.2) is 9.98 Å². The van der Waals surface area contributed by atoms with Crippen LogP contribution in [0.15, 0.2) is 186 Å². The van der Waals surface area contributed by atoms with Gasteiger partial charge in [0.05, 0.1) is 16.9 Å². The number of hydrogen-bond donors (Lipinski definition) is 0. The van der Waals surface area contributed by atoms with Gasteiger partial charge in [-0.1, -0.05) is 152 Å². The molecule has 0 N–H and O–H groups in total. The van der Waals surface area contributed by atoms with Crippen LogP contribution in [-0.2, 0) is 0 Å². The minimum absolute atomic E-state index is 0.720. The summed E-state index contributed by atoms with van der Waals surface area (Å²) in [7, 11) is 0. The molecule has 0 atom stereocenters. The molecule has 1 aliphatic rings. The first-order valence-electron chi connectivity index (χ1n) is 17.6. The van der Waals surface area contributed by atoms with Gasteiger partial charge in [-0.15, -0.1) is 0 Å². The number of nitrogens with zero attached hydrogens (tertiary/aromatic N) is 3. The van der Waals surface area contributed by atoms with E-state index in [9.17, 15) is 0 Å². The van der Waals surface area contributed by atoms with Crippen LogP contribution in [-0.4, -0.2) is 16.5 Å². The highest BCUT2D eigenvalue weighted by molar-refractivity contribution is 6.23. The normalized spacial score (nSPS) is 15.0. The van der Waals surface area contributed by atoms with Gasteiger partial charge in [0.25, 0.3) is 0 Å². The highest BCUT2D eigenvalue weighted by atomic mass is 14.9. The fourth-order valence-electron chi connectivity index (χ4n) is 7.35. The van der Waals surface area contributed by atoms with Crippen molar-refractivity contribution >= 4 is 49.7 Å². The van der Waals surface area contributed by atoms with E-state index in [-0.39, 0.29) is 0 Å². The molecule has 0 fully saturated rings. The van der Waals surface area contributed by atoms with Crippen LogP contribution in [0.1, 0.15) is 36.5 Å². The van der Waals surface area contributed by atoms with E-state index in [1.165, 1.54) is 43.8 Å². The SMILES string of the molecule is C/C1=C(/c2ccccc2)N=C(c2ccc(-c3cccc4cnc5ccc6ccccc6c5c34)cc2)N=C(c2cccc(-c3ccccc3)c2)CC1. The molecule has 1 aliphatic heterocycles. The molecule has 0 aliphatic carbocycles. The topological polar surface area (TPSA) is 37.6 Å². The molecule has 0 spiro atoms. The second kappa shape index (κ2) is 13.1. The average molecular weight is 654 g/mol. The Hall–Kier alpha value is -6.45. The van der Waals surface area contributed by atoms with Crippen LogP contribution in [0, 0.1) is 0 Å². The van der Waals surface area contributed by atoms with Crippen LogP contribution in [0.4, 0.5) is 0 Å². The number of hydrogen-bond acceptors (Lipinski definition) is 3. The molecular weight excluding hydrogens is 619 g/mol. The molecule has 0 radical (unpaired) electrons. The molecule has 3 nitrogen and oxygen atoms in total. The van der Waals surface area contributed by atoms with E-state index in [4.69, 9.17) is 15.0 Å². The van der Waals surface area contributed by atoms with E-state index < -0.39 is 0 Å². The second-order valence-corrected chi connectivity index (χ2v) is 13.2. The zero-order valence-corrected chi connectivity index (χ0v) is 28.4. The van der Waals surface area contributed by atoms with Crippen LogP contribution in [0.3, 0.4) is 0 Å². The molecule has 0 bridgehead atoms. The van der Waals surface area contributed by atoms with Crippen LogP contribution >= 0.6 is 0 Å². The molecule has 2 heterocycles. The van der Waals surface area contributed by atoms with Crippen LogP contribution in [0.2, 0.25) is 0 Å². The van der Waals surface area contributed by atoms with Crippen molar-refractivity contribution in [3.8, 4) is 22.3 Å². The van der Waals surface area contributed by atoms with Crippen molar-refractivity contribution in [2.45, 2.75) is 19.8 Å². The summed E-state index contributed by atoms with van der Waals surface area (Å²) in [5, 5.41) is 5.97. The Morgan fingerprint density at radius 2 is 1.12 bits per heavy atom. The molecule has 51 heavy (non-hydrogen) atoms. The van der Waals surface area contributed by atoms with E-state index in [1.807, 2.05) is 6.20 Å². The number of amidine groups is 1. The molecule has 242 valence electrons. The Kier molecular flexibility index (Phi) is 7.87. The van der Waals surface area contributed by atoms with Gasteiger partial charge in [0, 0.05) is 33.5 Å². The van der Waals surface area contributed by atoms with Crippen LogP contribution in [0.5, 0.6) is 0 Å². The maximum absolute atomic E-state index is 5.37. The summed E-state index contributed by atoms with van der Waals surface area (Å²) in [6.07, 6.45) is 3.70. The fourth-order valence-corrected chi connectivity index (χ4v) is 7.35. The van der Waals surface area contributed by atoms with Gasteiger partial charge in [-0.2, -0.15) is 0 Å². The number of fused-ring (bicyclic) bond motifs is 5. The van der Waals surface area contributed by atoms with Gasteiger partial charge in [0.1, 0.15) is 0 Å². The molecule has 7 aromatic carbocycles. The lowest BCUT2D eigenvalue weighted by molar-refractivity contribution is 1.00. The summed E-state index contributed by atoms with van der Waals surface area (Å²) in [5.74, 6) is 0.720. The molecule has 0 unspecified atom stereocenters. The zero-order chi connectivity index (χ0) is 34.1. The predicted molar refractivity (Wildman–Crippen MR) is 215 cm³/mol. The van der Waals surface area contributed by atoms with Crippen molar-refractivity contribution in [1.82, 2.24) is 4.98 Å². The fraction of sp³-hybridized carbons (Fsp3) is 0.0625. The lowest BCUT2D eigenvalue weighted by atomic mass is 9.93. The third-order valence-corrected chi connectivity index (χ3v) is 10.0. The standard InChI is InChI=1S/C48H35N3/c1-32-22-28-43(39-18-10-17-38(30-39)33-12-4-2-5-13-33)50-48(51-47(32)36-15-6-3-7-16-36)37-25-23-35(24-26-37)41-21-11-19-40-31-49-44-29-27-34-14-8-9-20-42(34)46(44)45(40)41/h2-21,23-27,29-31H,22,28H2,1H3/b47-32+,50-43?,51-48?. The summed E-state index contributed by atoms with van der Waals surface area (Å²) in [6.45, 7) is 2.21. The minimum atomic E-state index is 0.720. The predicted octanol–water partition coefficient (Wildman–Crippen LogP) is 12.3. The molecule has 1 aromatic heterocycles. The Labute approximate surface area is 298 Å². The summed E-state index contributed by atoms with van der Waals surface area (Å²) >= 11 is 0. The zero-order valence-electron chi connectivity index (χ0n) is 28.4. The van der Waals surface area contributed by atoms with E-state index >= 15 is 0 Å². The quantitative estimate of drug-likeness (QED) is 0.170. The molecule has 3 heteroatoms. The molecular formula is C48H35N3. The highest BCUT2D eigenvalue weighted by Crippen LogP contribution is 2.37. The number of rotatable bonds is 5. The van der Waals surface area contributed by atoms with Crippen molar-refractivity contribution in [2.24, 2.45) is 9.98 Å². The Morgan fingerprint density at radius 3 is 1.94 bits per heavy atom. The molecule has 0 saturated carbocycles. The molecule has 8 aromatic rings. The number of aliphatic imine (C=N–C) groups is 2. The van der Waals surface area contributed by atoms with E-state index in [0.717, 1.165) is 63.2 Å². The first kappa shape index (κ1) is 30.6. The van der Waals surface area contributed by atoms with Gasteiger partial charge in [0.15, 0.2) is 5.84 Å². The lowest BCUT2D eigenvalue weighted by Gasteiger charge is -2.17. The molecule has 0 amide bonds. The van der Waals surface area contributed by atoms with Gasteiger partial charge in [-0.05, 0) is 76.1 Å². The maximum atomic E-state index is 5.37. The molecule has 0 saturated heterocycles. The summed E-state index contributed by atoms with van der Waals surface area (Å²) in [4.78, 5) is 15.6. The minimum Gasteiger partial charge on any atom is -0.256 e. The van der Waals surface area contributed by atoms with Crippen molar-refractivity contribution in [1.29, 1.82) is 0 Å². The smallest absolute Gasteiger partial charge is 0.160 e. The lowest BCUT2D eigenvalue weighted by Crippen LogP contribution is -2.10. The van der Waals surface area contributed by atoms with Gasteiger partial charge >= 0.3 is 0 Å². The van der Waals surface area contributed by atoms with Crippen molar-refractivity contribution < 1.29 is 0 Å². The Morgan fingerprint density at radius 1 is 0.451 bits per heavy atom. The monoisotopic (exact) mass is 653 g/mol. The van der Waals surface area contributed by atoms with Crippen molar-refractivity contribution in [3.05, 3.63) is 192 Å². The Bertz CT molecular complexity index is 2660. The third-order valence-electron chi connectivity index (χ3n) is 10.0. The molecule has 9 rings (SSSR count). The number of aromatic nitrogens is 1. The number of pyridine rings is 1. The largest absolute Gasteiger partial charge is 0.256 e. The third kappa shape index (κ3) is 5.83. The summed E-state index contributed by atoms with van der Waals surface area (Å²) in [5.41, 5.74) is 12.2. The number of allylic oxidation sites excluding steroid dienone is 1.